The van der Waals surface area contributed by atoms with Gasteiger partial charge in [-0.05, 0) is 50.8 Å². The summed E-state index contributed by atoms with van der Waals surface area (Å²) in [4.78, 5) is 0. The van der Waals surface area contributed by atoms with Crippen LogP contribution < -0.4 is 5.32 Å². The predicted molar refractivity (Wildman–Crippen MR) is 74.8 cm³/mol. The fourth-order valence-electron chi connectivity index (χ4n) is 1.72. The second-order valence-electron chi connectivity index (χ2n) is 4.54. The van der Waals surface area contributed by atoms with E-state index in [0.29, 0.717) is 12.1 Å². The molecular formula is C14H22BrN. The molecule has 0 aromatic heterocycles. The average Bonchev–Trinajstić information content (AvgIpc) is 2.28. The quantitative estimate of drug-likeness (QED) is 0.827. The van der Waals surface area contributed by atoms with Gasteiger partial charge in [-0.15, -0.1) is 0 Å². The van der Waals surface area contributed by atoms with Gasteiger partial charge in [0.05, 0.1) is 0 Å². The van der Waals surface area contributed by atoms with E-state index < -0.39 is 0 Å². The van der Waals surface area contributed by atoms with Crippen molar-refractivity contribution >= 4 is 15.9 Å². The summed E-state index contributed by atoms with van der Waals surface area (Å²) >= 11 is 3.46. The molecule has 0 bridgehead atoms. The van der Waals surface area contributed by atoms with Crippen LogP contribution in [0.5, 0.6) is 0 Å². The second kappa shape index (κ2) is 7.08. The van der Waals surface area contributed by atoms with Gasteiger partial charge in [0.2, 0.25) is 0 Å². The molecule has 1 N–H and O–H groups in total. The number of nitrogens with one attached hydrogen (secondary N) is 1. The molecule has 1 nitrogen and oxygen atoms in total. The Morgan fingerprint density at radius 1 is 1.12 bits per heavy atom. The maximum atomic E-state index is 3.60. The van der Waals surface area contributed by atoms with Gasteiger partial charge in [-0.3, -0.25) is 0 Å². The van der Waals surface area contributed by atoms with Gasteiger partial charge in [-0.2, -0.15) is 0 Å². The maximum Gasteiger partial charge on any atom is 0.0175 e. The summed E-state index contributed by atoms with van der Waals surface area (Å²) in [6.45, 7) is 6.74. The van der Waals surface area contributed by atoms with Crippen LogP contribution in [0.3, 0.4) is 0 Å². The van der Waals surface area contributed by atoms with E-state index in [1.54, 1.807) is 0 Å². The molecule has 0 aliphatic heterocycles. The summed E-state index contributed by atoms with van der Waals surface area (Å²) in [5.41, 5.74) is 1.42. The van der Waals surface area contributed by atoms with E-state index in [4.69, 9.17) is 0 Å². The van der Waals surface area contributed by atoms with Crippen molar-refractivity contribution in [1.82, 2.24) is 5.32 Å². The first kappa shape index (κ1) is 13.7. The van der Waals surface area contributed by atoms with Crippen LogP contribution in [-0.4, -0.2) is 12.1 Å². The molecule has 0 aliphatic rings. The van der Waals surface area contributed by atoms with Gasteiger partial charge < -0.3 is 5.32 Å². The highest BCUT2D eigenvalue weighted by molar-refractivity contribution is 9.10. The van der Waals surface area contributed by atoms with Crippen molar-refractivity contribution in [3.8, 4) is 0 Å². The standard InChI is InChI=1S/C14H22BrN/c1-4-11(2)16-12(3)5-6-13-7-9-14(15)10-8-13/h7-12,16H,4-6H2,1-3H3. The van der Waals surface area contributed by atoms with E-state index in [1.165, 1.54) is 18.4 Å². The Hall–Kier alpha value is -0.340. The van der Waals surface area contributed by atoms with Crippen molar-refractivity contribution in [3.05, 3.63) is 34.3 Å². The molecule has 0 fully saturated rings. The lowest BCUT2D eigenvalue weighted by Crippen LogP contribution is -2.34. The fraction of sp³-hybridized carbons (Fsp3) is 0.571. The Kier molecular flexibility index (Phi) is 6.07. The van der Waals surface area contributed by atoms with Crippen LogP contribution >= 0.6 is 15.9 Å². The summed E-state index contributed by atoms with van der Waals surface area (Å²) in [6, 6.07) is 9.84. The van der Waals surface area contributed by atoms with Crippen LogP contribution in [0.25, 0.3) is 0 Å². The number of halogens is 1. The van der Waals surface area contributed by atoms with E-state index in [1.807, 2.05) is 0 Å². The minimum absolute atomic E-state index is 0.596. The first-order chi connectivity index (χ1) is 7.61. The van der Waals surface area contributed by atoms with Crippen molar-refractivity contribution in [2.75, 3.05) is 0 Å². The second-order valence-corrected chi connectivity index (χ2v) is 5.46. The zero-order chi connectivity index (χ0) is 12.0. The first-order valence-corrected chi connectivity index (χ1v) is 6.91. The normalized spacial score (nSPS) is 14.8. The molecule has 0 spiro atoms. The van der Waals surface area contributed by atoms with Gasteiger partial charge in [-0.1, -0.05) is 35.0 Å². The van der Waals surface area contributed by atoms with Crippen molar-refractivity contribution in [1.29, 1.82) is 0 Å². The van der Waals surface area contributed by atoms with Crippen LogP contribution in [0.2, 0.25) is 0 Å². The third-order valence-corrected chi connectivity index (χ3v) is 3.49. The third kappa shape index (κ3) is 5.13. The van der Waals surface area contributed by atoms with E-state index in [-0.39, 0.29) is 0 Å². The van der Waals surface area contributed by atoms with Gasteiger partial charge in [0, 0.05) is 16.6 Å². The molecule has 0 heterocycles. The van der Waals surface area contributed by atoms with Gasteiger partial charge in [0.25, 0.3) is 0 Å². The minimum Gasteiger partial charge on any atom is -0.312 e. The molecule has 2 atom stereocenters. The van der Waals surface area contributed by atoms with Crippen molar-refractivity contribution in [2.45, 2.75) is 52.1 Å². The van der Waals surface area contributed by atoms with Gasteiger partial charge in [-0.25, -0.2) is 0 Å². The zero-order valence-electron chi connectivity index (χ0n) is 10.5. The number of hydrogen-bond donors (Lipinski definition) is 1. The lowest BCUT2D eigenvalue weighted by Gasteiger charge is -2.18. The highest BCUT2D eigenvalue weighted by atomic mass is 79.9. The molecular weight excluding hydrogens is 262 g/mol. The largest absolute Gasteiger partial charge is 0.312 e. The van der Waals surface area contributed by atoms with Crippen LogP contribution in [0.15, 0.2) is 28.7 Å². The van der Waals surface area contributed by atoms with E-state index in [2.05, 4.69) is 66.3 Å². The van der Waals surface area contributed by atoms with Gasteiger partial charge in [0.1, 0.15) is 0 Å². The Morgan fingerprint density at radius 3 is 2.31 bits per heavy atom. The molecule has 0 amide bonds. The monoisotopic (exact) mass is 283 g/mol. The van der Waals surface area contributed by atoms with Crippen LogP contribution in [0.4, 0.5) is 0 Å². The van der Waals surface area contributed by atoms with E-state index in [9.17, 15) is 0 Å². The summed E-state index contributed by atoms with van der Waals surface area (Å²) < 4.78 is 1.15. The Morgan fingerprint density at radius 2 is 1.75 bits per heavy atom. The molecule has 1 aromatic carbocycles. The number of hydrogen-bond acceptors (Lipinski definition) is 1. The molecule has 16 heavy (non-hydrogen) atoms. The van der Waals surface area contributed by atoms with Crippen molar-refractivity contribution in [2.24, 2.45) is 0 Å². The highest BCUT2D eigenvalue weighted by Gasteiger charge is 2.05. The van der Waals surface area contributed by atoms with Crippen LogP contribution in [0, 0.1) is 0 Å². The summed E-state index contributed by atoms with van der Waals surface area (Å²) in [6.07, 6.45) is 3.55. The van der Waals surface area contributed by atoms with Crippen molar-refractivity contribution < 1.29 is 0 Å². The first-order valence-electron chi connectivity index (χ1n) is 6.12. The Labute approximate surface area is 108 Å². The van der Waals surface area contributed by atoms with E-state index >= 15 is 0 Å². The molecule has 2 unspecified atom stereocenters. The summed E-state index contributed by atoms with van der Waals surface area (Å²) in [5.74, 6) is 0. The molecule has 90 valence electrons. The zero-order valence-corrected chi connectivity index (χ0v) is 12.0. The molecule has 1 aromatic rings. The molecule has 0 aliphatic carbocycles. The maximum absolute atomic E-state index is 3.60. The smallest absolute Gasteiger partial charge is 0.0175 e. The number of aryl methyl sites for hydroxylation is 1. The Bertz CT molecular complexity index is 294. The third-order valence-electron chi connectivity index (χ3n) is 2.96. The molecule has 2 heteroatoms. The van der Waals surface area contributed by atoms with E-state index in [0.717, 1.165) is 10.9 Å². The Balaban J connectivity index is 2.31. The molecule has 0 saturated heterocycles. The van der Waals surface area contributed by atoms with Gasteiger partial charge in [0.15, 0.2) is 0 Å². The van der Waals surface area contributed by atoms with Crippen LogP contribution in [-0.2, 0) is 6.42 Å². The molecule has 1 rings (SSSR count). The van der Waals surface area contributed by atoms with Crippen molar-refractivity contribution in [3.63, 3.8) is 0 Å². The SMILES string of the molecule is CCC(C)NC(C)CCc1ccc(Br)cc1. The topological polar surface area (TPSA) is 12.0 Å². The summed E-state index contributed by atoms with van der Waals surface area (Å²) in [5, 5.41) is 3.60. The predicted octanol–water partition coefficient (Wildman–Crippen LogP) is 4.16. The number of rotatable bonds is 6. The molecule has 0 radical (unpaired) electrons. The lowest BCUT2D eigenvalue weighted by molar-refractivity contribution is 0.438. The minimum atomic E-state index is 0.596. The summed E-state index contributed by atoms with van der Waals surface area (Å²) in [7, 11) is 0. The lowest BCUT2D eigenvalue weighted by atomic mass is 10.1. The molecule has 0 saturated carbocycles. The number of benzene rings is 1. The fourth-order valence-corrected chi connectivity index (χ4v) is 1.99. The highest BCUT2D eigenvalue weighted by Crippen LogP contribution is 2.12. The average molecular weight is 284 g/mol. The van der Waals surface area contributed by atoms with Gasteiger partial charge >= 0.3 is 0 Å². The van der Waals surface area contributed by atoms with Crippen LogP contribution in [0.1, 0.15) is 39.2 Å².